The quantitative estimate of drug-likeness (QED) is 0.912. The molecule has 5 heteroatoms. The van der Waals surface area contributed by atoms with E-state index in [9.17, 15) is 14.7 Å². The number of piperazine rings is 1. The number of benzene rings is 1. The number of rotatable bonds is 4. The van der Waals surface area contributed by atoms with Crippen molar-refractivity contribution in [2.75, 3.05) is 19.6 Å². The molecule has 1 saturated heterocycles. The average molecular weight is 344 g/mol. The molecule has 0 radical (unpaired) electrons. The van der Waals surface area contributed by atoms with Crippen molar-refractivity contribution in [3.63, 3.8) is 0 Å². The van der Waals surface area contributed by atoms with E-state index in [0.29, 0.717) is 19.1 Å². The van der Waals surface area contributed by atoms with E-state index in [1.807, 2.05) is 41.8 Å². The number of carbonyl (C=O) groups excluding carboxylic acids is 1. The van der Waals surface area contributed by atoms with Gasteiger partial charge in [0.25, 0.3) is 0 Å². The molecule has 1 aromatic rings. The van der Waals surface area contributed by atoms with Crippen LogP contribution in [-0.2, 0) is 9.59 Å². The van der Waals surface area contributed by atoms with Gasteiger partial charge in [0.15, 0.2) is 0 Å². The molecule has 0 spiro atoms. The Morgan fingerprint density at radius 3 is 2.48 bits per heavy atom. The second-order valence-corrected chi connectivity index (χ2v) is 7.45. The molecule has 25 heavy (non-hydrogen) atoms. The average Bonchev–Trinajstić information content (AvgIpc) is 2.58. The topological polar surface area (TPSA) is 60.9 Å². The van der Waals surface area contributed by atoms with Crippen LogP contribution in [0.5, 0.6) is 0 Å². The number of nitrogens with zero attached hydrogens (tertiary/aromatic N) is 2. The maximum atomic E-state index is 12.7. The van der Waals surface area contributed by atoms with Crippen LogP contribution in [0.2, 0.25) is 0 Å². The summed E-state index contributed by atoms with van der Waals surface area (Å²) in [5.41, 5.74) is 2.87. The fourth-order valence-electron chi connectivity index (χ4n) is 4.32. The van der Waals surface area contributed by atoms with Gasteiger partial charge in [0.05, 0.1) is 6.54 Å². The van der Waals surface area contributed by atoms with Crippen LogP contribution >= 0.6 is 0 Å². The first-order valence-electron chi connectivity index (χ1n) is 9.31. The van der Waals surface area contributed by atoms with Crippen LogP contribution in [-0.4, -0.2) is 52.5 Å². The maximum Gasteiger partial charge on any atom is 0.325 e. The third kappa shape index (κ3) is 3.87. The Kier molecular flexibility index (Phi) is 5.42. The Morgan fingerprint density at radius 2 is 1.88 bits per heavy atom. The third-order valence-electron chi connectivity index (χ3n) is 5.62. The molecule has 1 heterocycles. The van der Waals surface area contributed by atoms with Gasteiger partial charge in [-0.1, -0.05) is 43.0 Å². The van der Waals surface area contributed by atoms with Crippen LogP contribution in [0.15, 0.2) is 18.2 Å². The van der Waals surface area contributed by atoms with Gasteiger partial charge in [0.1, 0.15) is 6.04 Å². The van der Waals surface area contributed by atoms with Crippen LogP contribution in [0.3, 0.4) is 0 Å². The summed E-state index contributed by atoms with van der Waals surface area (Å²) in [6.07, 6.45) is 5.83. The van der Waals surface area contributed by atoms with E-state index in [4.69, 9.17) is 0 Å². The van der Waals surface area contributed by atoms with E-state index in [2.05, 4.69) is 0 Å². The summed E-state index contributed by atoms with van der Waals surface area (Å²) in [6.45, 7) is 5.39. The molecule has 2 fully saturated rings. The van der Waals surface area contributed by atoms with E-state index < -0.39 is 12.0 Å². The highest BCUT2D eigenvalue weighted by Crippen LogP contribution is 2.29. The lowest BCUT2D eigenvalue weighted by molar-refractivity contribution is -0.149. The Labute approximate surface area is 149 Å². The van der Waals surface area contributed by atoms with E-state index in [1.54, 1.807) is 0 Å². The van der Waals surface area contributed by atoms with Gasteiger partial charge in [0.2, 0.25) is 5.91 Å². The van der Waals surface area contributed by atoms with Crippen molar-refractivity contribution >= 4 is 11.9 Å². The largest absolute Gasteiger partial charge is 0.480 e. The Balaban J connectivity index is 1.76. The van der Waals surface area contributed by atoms with E-state index in [-0.39, 0.29) is 12.5 Å². The van der Waals surface area contributed by atoms with Crippen LogP contribution in [0, 0.1) is 13.8 Å². The minimum atomic E-state index is -0.883. The monoisotopic (exact) mass is 344 g/mol. The van der Waals surface area contributed by atoms with Gasteiger partial charge in [-0.15, -0.1) is 0 Å². The minimum Gasteiger partial charge on any atom is -0.480 e. The molecule has 1 aliphatic heterocycles. The number of aryl methyl sites for hydroxylation is 2. The zero-order chi connectivity index (χ0) is 18.0. The van der Waals surface area contributed by atoms with Gasteiger partial charge >= 0.3 is 5.97 Å². The van der Waals surface area contributed by atoms with Crippen LogP contribution in [0.4, 0.5) is 0 Å². The summed E-state index contributed by atoms with van der Waals surface area (Å²) < 4.78 is 0. The van der Waals surface area contributed by atoms with Gasteiger partial charge in [-0.2, -0.15) is 0 Å². The van der Waals surface area contributed by atoms with Gasteiger partial charge in [-0.3, -0.25) is 14.5 Å². The second-order valence-electron chi connectivity index (χ2n) is 7.45. The molecule has 0 unspecified atom stereocenters. The number of amides is 1. The highest BCUT2D eigenvalue weighted by atomic mass is 16.4. The van der Waals surface area contributed by atoms with Crippen molar-refractivity contribution in [1.82, 2.24) is 9.80 Å². The minimum absolute atomic E-state index is 0.0779. The standard InChI is InChI=1S/C20H28N2O3/c1-14-8-9-17(15(2)12-14)19(20(24)25)21-10-11-22(18(23)13-21)16-6-4-3-5-7-16/h8-9,12,16,19H,3-7,10-11,13H2,1-2H3,(H,24,25)/t19-/m0/s1. The number of carboxylic acid groups (broad SMARTS) is 1. The molecule has 5 nitrogen and oxygen atoms in total. The summed E-state index contributed by atoms with van der Waals surface area (Å²) in [4.78, 5) is 28.5. The normalized spacial score (nSPS) is 21.4. The molecule has 1 aromatic carbocycles. The fraction of sp³-hybridized carbons (Fsp3) is 0.600. The van der Waals surface area contributed by atoms with E-state index in [0.717, 1.165) is 29.5 Å². The lowest BCUT2D eigenvalue weighted by Gasteiger charge is -2.42. The summed E-state index contributed by atoms with van der Waals surface area (Å²) in [5.74, 6) is -0.806. The number of hydrogen-bond acceptors (Lipinski definition) is 3. The molecule has 1 amide bonds. The highest BCUT2D eigenvalue weighted by molar-refractivity contribution is 5.82. The fourth-order valence-corrected chi connectivity index (χ4v) is 4.32. The van der Waals surface area contributed by atoms with Crippen molar-refractivity contribution in [2.45, 2.75) is 58.0 Å². The molecule has 136 valence electrons. The van der Waals surface area contributed by atoms with Gasteiger partial charge in [-0.05, 0) is 37.8 Å². The molecule has 3 rings (SSSR count). The first-order chi connectivity index (χ1) is 12.0. The van der Waals surface area contributed by atoms with Crippen molar-refractivity contribution in [1.29, 1.82) is 0 Å². The Morgan fingerprint density at radius 1 is 1.16 bits per heavy atom. The molecular formula is C20H28N2O3. The third-order valence-corrected chi connectivity index (χ3v) is 5.62. The Hall–Kier alpha value is -1.88. The summed E-state index contributed by atoms with van der Waals surface area (Å²) in [6, 6.07) is 5.44. The summed E-state index contributed by atoms with van der Waals surface area (Å²) in [5, 5.41) is 9.81. The lowest BCUT2D eigenvalue weighted by atomic mass is 9.93. The summed E-state index contributed by atoms with van der Waals surface area (Å²) >= 11 is 0. The van der Waals surface area contributed by atoms with E-state index in [1.165, 1.54) is 19.3 Å². The Bertz CT molecular complexity index is 652. The van der Waals surface area contributed by atoms with Crippen LogP contribution in [0.25, 0.3) is 0 Å². The molecule has 2 aliphatic rings. The van der Waals surface area contributed by atoms with E-state index >= 15 is 0 Å². The first kappa shape index (κ1) is 17.9. The lowest BCUT2D eigenvalue weighted by Crippen LogP contribution is -2.55. The van der Waals surface area contributed by atoms with Gasteiger partial charge < -0.3 is 10.0 Å². The van der Waals surface area contributed by atoms with Crippen molar-refractivity contribution in [2.24, 2.45) is 0 Å². The second kappa shape index (κ2) is 7.56. The zero-order valence-electron chi connectivity index (χ0n) is 15.2. The van der Waals surface area contributed by atoms with Crippen molar-refractivity contribution in [3.8, 4) is 0 Å². The molecular weight excluding hydrogens is 316 g/mol. The number of aliphatic carboxylic acids is 1. The van der Waals surface area contributed by atoms with Crippen molar-refractivity contribution < 1.29 is 14.7 Å². The SMILES string of the molecule is Cc1ccc([C@@H](C(=O)O)N2CCN(C3CCCCC3)C(=O)C2)c(C)c1. The molecule has 1 aliphatic carbocycles. The predicted molar refractivity (Wildman–Crippen MR) is 96.5 cm³/mol. The maximum absolute atomic E-state index is 12.7. The molecule has 0 aromatic heterocycles. The van der Waals surface area contributed by atoms with Crippen LogP contribution < -0.4 is 0 Å². The molecule has 1 N–H and O–H groups in total. The highest BCUT2D eigenvalue weighted by Gasteiger charge is 2.36. The molecule has 1 saturated carbocycles. The zero-order valence-corrected chi connectivity index (χ0v) is 15.2. The number of carbonyl (C=O) groups is 2. The van der Waals surface area contributed by atoms with Gasteiger partial charge in [0, 0.05) is 19.1 Å². The van der Waals surface area contributed by atoms with Crippen LogP contribution in [0.1, 0.15) is 54.8 Å². The predicted octanol–water partition coefficient (Wildman–Crippen LogP) is 2.91. The molecule has 1 atom stereocenters. The van der Waals surface area contributed by atoms with Gasteiger partial charge in [-0.25, -0.2) is 0 Å². The smallest absolute Gasteiger partial charge is 0.325 e. The molecule has 0 bridgehead atoms. The first-order valence-corrected chi connectivity index (χ1v) is 9.31. The number of carboxylic acids is 1. The number of hydrogen-bond donors (Lipinski definition) is 1. The van der Waals surface area contributed by atoms with Crippen molar-refractivity contribution in [3.05, 3.63) is 34.9 Å². The summed E-state index contributed by atoms with van der Waals surface area (Å²) in [7, 11) is 0.